The van der Waals surface area contributed by atoms with Crippen LogP contribution in [0.5, 0.6) is 0 Å². The molecule has 0 spiro atoms. The van der Waals surface area contributed by atoms with Gasteiger partial charge in [0.2, 0.25) is 23.6 Å². The highest BCUT2D eigenvalue weighted by Crippen LogP contribution is 2.30. The third kappa shape index (κ3) is 18.1. The minimum absolute atomic E-state index is 0. The molecule has 0 aliphatic heterocycles. The van der Waals surface area contributed by atoms with Gasteiger partial charge in [0.25, 0.3) is 5.91 Å². The Labute approximate surface area is 504 Å². The molecule has 4 heterocycles. The van der Waals surface area contributed by atoms with Crippen molar-refractivity contribution in [2.24, 2.45) is 5.73 Å². The molecule has 4 aromatic carbocycles. The molecule has 8 aromatic rings. The van der Waals surface area contributed by atoms with Crippen molar-refractivity contribution in [1.29, 1.82) is 0 Å². The number of pyridine rings is 2. The van der Waals surface area contributed by atoms with Crippen LogP contribution in [0.15, 0.2) is 140 Å². The van der Waals surface area contributed by atoms with Crippen LogP contribution >= 0.6 is 23.2 Å². The van der Waals surface area contributed by atoms with Crippen LogP contribution in [0.3, 0.4) is 0 Å². The van der Waals surface area contributed by atoms with E-state index in [1.165, 1.54) is 36.9 Å². The van der Waals surface area contributed by atoms with E-state index >= 15 is 0 Å². The summed E-state index contributed by atoms with van der Waals surface area (Å²) in [6.07, 6.45) is 11.9. The fourth-order valence-corrected chi connectivity index (χ4v) is 9.46. The molecule has 5 amide bonds. The van der Waals surface area contributed by atoms with Crippen LogP contribution < -0.4 is 21.7 Å². The second-order valence-corrected chi connectivity index (χ2v) is 20.6. The number of fused-ring (bicyclic) bond motifs is 2. The molecule has 0 atom stereocenters. The zero-order valence-corrected chi connectivity index (χ0v) is 47.9. The molecule has 2 saturated carbocycles. The number of rotatable bonds is 20. The quantitative estimate of drug-likeness (QED) is 0.0522. The largest absolute Gasteiger partial charge is 0.373 e. The Hall–Kier alpha value is -9.27. The minimum atomic E-state index is -0.593. The number of ketones is 2. The Morgan fingerprint density at radius 3 is 1.57 bits per heavy atom. The Morgan fingerprint density at radius 2 is 1.10 bits per heavy atom. The molecule has 2 aliphatic rings. The number of Topliss-reactive ketones (excluding diaryl/α,β-unsaturated/α-hetero) is 2. The molecule has 2 aliphatic carbocycles. The van der Waals surface area contributed by atoms with E-state index in [0.717, 1.165) is 42.1 Å². The second-order valence-electron chi connectivity index (χ2n) is 19.8. The number of nitrogens with one attached hydrogen (secondary N) is 3. The molecule has 10 rings (SSSR count). The van der Waals surface area contributed by atoms with Crippen molar-refractivity contribution < 1.29 is 51.9 Å². The molecule has 23 heteroatoms. The number of hydrogen-bond donors (Lipinski definition) is 4. The average Bonchev–Trinajstić information content (AvgIpc) is 2.13. The van der Waals surface area contributed by atoms with Crippen molar-refractivity contribution in [1.82, 2.24) is 44.9 Å². The summed E-state index contributed by atoms with van der Waals surface area (Å²) >= 11 is 11.6. The molecular formula is C63H64Cl2F2N10O9. The first kappa shape index (κ1) is 65.9. The van der Waals surface area contributed by atoms with Crippen LogP contribution in [0.1, 0.15) is 100 Å². The maximum atomic E-state index is 14.2. The summed E-state index contributed by atoms with van der Waals surface area (Å²) in [6, 6.07) is 30.8. The lowest BCUT2D eigenvalue weighted by Crippen LogP contribution is -2.43. The van der Waals surface area contributed by atoms with Gasteiger partial charge < -0.3 is 40.6 Å². The zero-order valence-electron chi connectivity index (χ0n) is 46.4. The number of nitrogens with two attached hydrogens (primary N) is 1. The summed E-state index contributed by atoms with van der Waals surface area (Å²) in [5.74, 6) is -3.02. The summed E-state index contributed by atoms with van der Waals surface area (Å²) in [7, 11) is 0. The van der Waals surface area contributed by atoms with Gasteiger partial charge in [0.15, 0.2) is 11.6 Å². The molecule has 0 unspecified atom stereocenters. The number of nitrogens with zero attached hydrogens (tertiary/aromatic N) is 6. The van der Waals surface area contributed by atoms with E-state index in [9.17, 15) is 42.3 Å². The van der Waals surface area contributed by atoms with Crippen LogP contribution in [-0.4, -0.2) is 101 Å². The zero-order chi connectivity index (χ0) is 61.2. The number of aromatic nitrogens is 4. The first-order valence-electron chi connectivity index (χ1n) is 26.9. The van der Waals surface area contributed by atoms with Crippen molar-refractivity contribution in [3.05, 3.63) is 201 Å². The summed E-state index contributed by atoms with van der Waals surface area (Å²) in [6.45, 7) is 3.36. The molecule has 19 nitrogen and oxygen atoms in total. The van der Waals surface area contributed by atoms with E-state index < -0.39 is 17.5 Å². The van der Waals surface area contributed by atoms with E-state index in [1.807, 2.05) is 48.5 Å². The number of amides is 5. The fourth-order valence-electron chi connectivity index (χ4n) is 9.07. The second kappa shape index (κ2) is 31.6. The highest BCUT2D eigenvalue weighted by molar-refractivity contribution is 6.31. The Kier molecular flexibility index (Phi) is 24.2. The predicted molar refractivity (Wildman–Crippen MR) is 319 cm³/mol. The van der Waals surface area contributed by atoms with Crippen molar-refractivity contribution in [3.63, 3.8) is 0 Å². The van der Waals surface area contributed by atoms with Crippen molar-refractivity contribution in [2.45, 2.75) is 98.3 Å². The third-order valence-corrected chi connectivity index (χ3v) is 14.3. The van der Waals surface area contributed by atoms with E-state index in [-0.39, 0.29) is 128 Å². The lowest BCUT2D eigenvalue weighted by molar-refractivity contribution is -0.191. The Morgan fingerprint density at radius 1 is 0.616 bits per heavy atom. The van der Waals surface area contributed by atoms with E-state index in [4.69, 9.17) is 38.5 Å². The van der Waals surface area contributed by atoms with Gasteiger partial charge in [-0.15, -0.1) is 0 Å². The monoisotopic (exact) mass is 1210 g/mol. The number of hydrogen-bond acceptors (Lipinski definition) is 12. The lowest BCUT2D eigenvalue weighted by Gasteiger charge is -2.22. The maximum absolute atomic E-state index is 14.2. The van der Waals surface area contributed by atoms with E-state index in [2.05, 4.69) is 25.9 Å². The third-order valence-electron chi connectivity index (χ3n) is 13.7. The molecule has 5 N–H and O–H groups in total. The highest BCUT2D eigenvalue weighted by atomic mass is 35.5. The van der Waals surface area contributed by atoms with Crippen LogP contribution in [-0.2, 0) is 68.0 Å². The first-order chi connectivity index (χ1) is 40.9. The molecule has 2 fully saturated rings. The number of para-hydroxylation sites is 1. The molecule has 0 radical (unpaired) electrons. The van der Waals surface area contributed by atoms with Gasteiger partial charge in [0.05, 0.1) is 35.4 Å². The number of benzene rings is 4. The highest BCUT2D eigenvalue weighted by Gasteiger charge is 2.35. The summed E-state index contributed by atoms with van der Waals surface area (Å²) in [5.41, 5.74) is 10.4. The van der Waals surface area contributed by atoms with Gasteiger partial charge >= 0.3 is 6.15 Å². The van der Waals surface area contributed by atoms with Gasteiger partial charge in [0, 0.05) is 112 Å². The van der Waals surface area contributed by atoms with E-state index in [0.29, 0.717) is 39.8 Å². The first-order valence-corrected chi connectivity index (χ1v) is 27.6. The molecule has 86 heavy (non-hydrogen) atoms. The molecule has 0 saturated heterocycles. The maximum Gasteiger partial charge on any atom is 0.373 e. The number of halogens is 4. The smallest absolute Gasteiger partial charge is 0.350 e. The minimum Gasteiger partial charge on any atom is -0.350 e. The van der Waals surface area contributed by atoms with Crippen LogP contribution in [0, 0.1) is 11.6 Å². The Bertz CT molecular complexity index is 3760. The summed E-state index contributed by atoms with van der Waals surface area (Å²) < 4.78 is 31.6. The molecular weight excluding hydrogens is 1150 g/mol. The predicted octanol–water partition coefficient (Wildman–Crippen LogP) is 8.81. The van der Waals surface area contributed by atoms with Crippen LogP contribution in [0.2, 0.25) is 10.0 Å². The van der Waals surface area contributed by atoms with Gasteiger partial charge in [0.1, 0.15) is 24.7 Å². The van der Waals surface area contributed by atoms with Gasteiger partial charge in [-0.25, -0.2) is 8.78 Å². The molecule has 0 bridgehead atoms. The normalized spacial score (nSPS) is 12.0. The standard InChI is InChI=1S/C31H29ClFN5O4.C24H23ClFN3O3.C6H8N2.CO2.CH4/c1-19(39)25-16-37(27-11-8-20(13-24(25)27)31(42)36-15-22-6-2-3-12-34-22)18-29(41)38(23-9-10-23)17-28(40)35-14-21-5-4-7-26(32)30(21)33;1-15(30)19-12-28(21-8-3-2-6-18(19)21)14-23(32)29(17-9-10-17)13-22(31)27-11-16-5-4-7-20(25)24(16)26;7-5-6-1-3-8-4-2-6;2-1-3;/h2-8,11-13,16,23H,9-10,14-15,17-18H2,1H3,(H,35,40)(H,36,42);2-8,12,17H,9-11,13-14H2,1H3,(H,27,31);1-4H,5,7H2;;1H4. The summed E-state index contributed by atoms with van der Waals surface area (Å²) in [4.78, 5) is 116. The van der Waals surface area contributed by atoms with Gasteiger partial charge in [-0.3, -0.25) is 43.5 Å². The summed E-state index contributed by atoms with van der Waals surface area (Å²) in [5, 5.41) is 9.47. The van der Waals surface area contributed by atoms with Crippen LogP contribution in [0.4, 0.5) is 8.78 Å². The average molecular weight is 1210 g/mol. The van der Waals surface area contributed by atoms with Gasteiger partial charge in [-0.1, -0.05) is 79.2 Å². The van der Waals surface area contributed by atoms with Crippen molar-refractivity contribution in [3.8, 4) is 0 Å². The topological polar surface area (TPSA) is 258 Å². The molecule has 448 valence electrons. The molecule has 4 aromatic heterocycles. The fraction of sp³-hybridized carbons (Fsp3) is 0.270. The van der Waals surface area contributed by atoms with Crippen LogP contribution in [0.25, 0.3) is 21.8 Å². The van der Waals surface area contributed by atoms with Crippen molar-refractivity contribution in [2.75, 3.05) is 13.1 Å². The number of carbonyl (C=O) groups excluding carboxylic acids is 9. The van der Waals surface area contributed by atoms with E-state index in [1.54, 1.807) is 87.5 Å². The SMILES string of the molecule is C.CC(=O)c1cn(CC(=O)N(CC(=O)NCc2cccc(Cl)c2F)C2CC2)c2ccc(C(=O)NCc3ccccn3)cc12.CC(=O)c1cn(CC(=O)N(CC(=O)NCc2cccc(Cl)c2F)C2CC2)c2ccccc12.NCc1ccncc1.O=C=O. The Balaban J connectivity index is 0.000000237. The van der Waals surface area contributed by atoms with Crippen molar-refractivity contribution >= 4 is 92.3 Å². The number of carbonyl (C=O) groups is 7. The lowest BCUT2D eigenvalue weighted by atomic mass is 10.1. The van der Waals surface area contributed by atoms with Gasteiger partial charge in [-0.05, 0) is 106 Å². The van der Waals surface area contributed by atoms with Gasteiger partial charge in [-0.2, -0.15) is 9.59 Å².